The van der Waals surface area contributed by atoms with Gasteiger partial charge in [0, 0.05) is 19.3 Å². The van der Waals surface area contributed by atoms with Crippen LogP contribution in [0.5, 0.6) is 0 Å². The molecule has 0 radical (unpaired) electrons. The number of anilines is 1. The van der Waals surface area contributed by atoms with Crippen molar-refractivity contribution in [3.63, 3.8) is 0 Å². The Morgan fingerprint density at radius 2 is 2.33 bits per heavy atom. The fourth-order valence-electron chi connectivity index (χ4n) is 1.06. The topological polar surface area (TPSA) is 45.0 Å². The van der Waals surface area contributed by atoms with Crippen LogP contribution in [0.4, 0.5) is 5.69 Å². The van der Waals surface area contributed by atoms with Gasteiger partial charge >= 0.3 is 0 Å². The molecule has 1 aromatic rings. The Morgan fingerprint density at radius 1 is 1.60 bits per heavy atom. The van der Waals surface area contributed by atoms with Crippen LogP contribution in [0.1, 0.15) is 12.5 Å². The van der Waals surface area contributed by atoms with E-state index in [0.29, 0.717) is 17.1 Å². The van der Waals surface area contributed by atoms with Crippen LogP contribution >= 0.6 is 11.6 Å². The summed E-state index contributed by atoms with van der Waals surface area (Å²) in [5, 5.41) is 12.3. The van der Waals surface area contributed by atoms with E-state index in [1.165, 1.54) is 0 Å². The highest BCUT2D eigenvalue weighted by atomic mass is 35.5. The van der Waals surface area contributed by atoms with E-state index in [0.717, 1.165) is 5.69 Å². The SMILES string of the molecule is COC(C)CNc1ccc(C#N)c(Cl)c1. The van der Waals surface area contributed by atoms with Crippen LogP contribution in [0.15, 0.2) is 18.2 Å². The maximum atomic E-state index is 8.69. The molecule has 1 unspecified atom stereocenters. The molecular weight excluding hydrogens is 212 g/mol. The van der Waals surface area contributed by atoms with Crippen molar-refractivity contribution in [2.24, 2.45) is 0 Å². The van der Waals surface area contributed by atoms with E-state index >= 15 is 0 Å². The number of benzene rings is 1. The summed E-state index contributed by atoms with van der Waals surface area (Å²) in [7, 11) is 1.66. The number of methoxy groups -OCH3 is 1. The predicted octanol–water partition coefficient (Wildman–Crippen LogP) is 2.66. The Kier molecular flexibility index (Phi) is 4.41. The van der Waals surface area contributed by atoms with Crippen molar-refractivity contribution in [1.82, 2.24) is 0 Å². The average Bonchev–Trinajstić information content (AvgIpc) is 2.26. The monoisotopic (exact) mass is 224 g/mol. The normalized spacial score (nSPS) is 11.9. The summed E-state index contributed by atoms with van der Waals surface area (Å²) in [6, 6.07) is 7.28. The lowest BCUT2D eigenvalue weighted by molar-refractivity contribution is 0.129. The number of nitriles is 1. The van der Waals surface area contributed by atoms with Gasteiger partial charge in [0.25, 0.3) is 0 Å². The number of nitrogens with zero attached hydrogens (tertiary/aromatic N) is 1. The molecule has 1 aromatic carbocycles. The standard InChI is InChI=1S/C11H13ClN2O/c1-8(15-2)7-14-10-4-3-9(6-13)11(12)5-10/h3-5,8,14H,7H2,1-2H3. The summed E-state index contributed by atoms with van der Waals surface area (Å²) >= 11 is 5.88. The molecule has 0 bridgehead atoms. The lowest BCUT2D eigenvalue weighted by Crippen LogP contribution is -2.17. The molecule has 0 fully saturated rings. The summed E-state index contributed by atoms with van der Waals surface area (Å²) in [6.07, 6.45) is 0.138. The largest absolute Gasteiger partial charge is 0.382 e. The summed E-state index contributed by atoms with van der Waals surface area (Å²) in [6.45, 7) is 2.68. The van der Waals surface area contributed by atoms with Crippen molar-refractivity contribution >= 4 is 17.3 Å². The molecule has 0 aliphatic heterocycles. The van der Waals surface area contributed by atoms with Gasteiger partial charge in [-0.25, -0.2) is 0 Å². The molecule has 0 saturated heterocycles. The van der Waals surface area contributed by atoms with Crippen molar-refractivity contribution in [3.05, 3.63) is 28.8 Å². The number of ether oxygens (including phenoxy) is 1. The molecule has 0 saturated carbocycles. The highest BCUT2D eigenvalue weighted by Crippen LogP contribution is 2.20. The Hall–Kier alpha value is -1.24. The molecule has 0 aliphatic carbocycles. The molecule has 0 aliphatic rings. The molecule has 0 heterocycles. The first-order chi connectivity index (χ1) is 7.17. The summed E-state index contributed by atoms with van der Waals surface area (Å²) in [5.74, 6) is 0. The quantitative estimate of drug-likeness (QED) is 0.855. The van der Waals surface area contributed by atoms with Gasteiger partial charge in [-0.05, 0) is 25.1 Å². The van der Waals surface area contributed by atoms with E-state index in [1.54, 1.807) is 19.2 Å². The number of halogens is 1. The lowest BCUT2D eigenvalue weighted by Gasteiger charge is -2.12. The summed E-state index contributed by atoms with van der Waals surface area (Å²) < 4.78 is 5.10. The number of hydrogen-bond donors (Lipinski definition) is 1. The minimum absolute atomic E-state index is 0.138. The first-order valence-electron chi connectivity index (χ1n) is 4.63. The lowest BCUT2D eigenvalue weighted by atomic mass is 10.2. The van der Waals surface area contributed by atoms with E-state index in [1.807, 2.05) is 19.1 Å². The van der Waals surface area contributed by atoms with Gasteiger partial charge < -0.3 is 10.1 Å². The molecule has 1 atom stereocenters. The minimum Gasteiger partial charge on any atom is -0.382 e. The van der Waals surface area contributed by atoms with Gasteiger partial charge in [-0.15, -0.1) is 0 Å². The van der Waals surface area contributed by atoms with Gasteiger partial charge in [0.05, 0.1) is 16.7 Å². The third-order valence-electron chi connectivity index (χ3n) is 2.09. The number of rotatable bonds is 4. The van der Waals surface area contributed by atoms with Crippen molar-refractivity contribution in [2.45, 2.75) is 13.0 Å². The third kappa shape index (κ3) is 3.43. The maximum Gasteiger partial charge on any atom is 0.101 e. The van der Waals surface area contributed by atoms with Crippen LogP contribution in [0.25, 0.3) is 0 Å². The van der Waals surface area contributed by atoms with Crippen LogP contribution in [-0.4, -0.2) is 19.8 Å². The molecule has 15 heavy (non-hydrogen) atoms. The zero-order valence-corrected chi connectivity index (χ0v) is 9.51. The second-order valence-electron chi connectivity index (χ2n) is 3.23. The van der Waals surface area contributed by atoms with Gasteiger partial charge in [0.1, 0.15) is 6.07 Å². The Labute approximate surface area is 94.6 Å². The molecule has 0 amide bonds. The van der Waals surface area contributed by atoms with E-state index in [9.17, 15) is 0 Å². The highest BCUT2D eigenvalue weighted by Gasteiger charge is 2.02. The van der Waals surface area contributed by atoms with Crippen LogP contribution in [-0.2, 0) is 4.74 Å². The number of hydrogen-bond acceptors (Lipinski definition) is 3. The first kappa shape index (κ1) is 11.8. The average molecular weight is 225 g/mol. The first-order valence-corrected chi connectivity index (χ1v) is 5.01. The predicted molar refractivity (Wildman–Crippen MR) is 61.1 cm³/mol. The summed E-state index contributed by atoms with van der Waals surface area (Å²) in [4.78, 5) is 0. The number of nitrogens with one attached hydrogen (secondary N) is 1. The molecule has 1 rings (SSSR count). The zero-order chi connectivity index (χ0) is 11.3. The van der Waals surface area contributed by atoms with E-state index < -0.39 is 0 Å². The zero-order valence-electron chi connectivity index (χ0n) is 8.75. The van der Waals surface area contributed by atoms with Gasteiger partial charge in [-0.2, -0.15) is 5.26 Å². The second kappa shape index (κ2) is 5.59. The van der Waals surface area contributed by atoms with Gasteiger partial charge in [-0.1, -0.05) is 11.6 Å². The fraction of sp³-hybridized carbons (Fsp3) is 0.364. The van der Waals surface area contributed by atoms with E-state index in [-0.39, 0.29) is 6.10 Å². The Balaban J connectivity index is 2.64. The molecule has 80 valence electrons. The van der Waals surface area contributed by atoms with Crippen LogP contribution in [0, 0.1) is 11.3 Å². The Morgan fingerprint density at radius 3 is 2.87 bits per heavy atom. The van der Waals surface area contributed by atoms with Crippen molar-refractivity contribution < 1.29 is 4.74 Å². The van der Waals surface area contributed by atoms with Crippen LogP contribution < -0.4 is 5.32 Å². The molecule has 4 heteroatoms. The van der Waals surface area contributed by atoms with Gasteiger partial charge in [0.2, 0.25) is 0 Å². The van der Waals surface area contributed by atoms with Crippen molar-refractivity contribution in [1.29, 1.82) is 5.26 Å². The minimum atomic E-state index is 0.138. The van der Waals surface area contributed by atoms with Crippen molar-refractivity contribution in [3.8, 4) is 6.07 Å². The fourth-order valence-corrected chi connectivity index (χ4v) is 1.28. The van der Waals surface area contributed by atoms with Crippen LogP contribution in [0.2, 0.25) is 5.02 Å². The maximum absolute atomic E-state index is 8.69. The second-order valence-corrected chi connectivity index (χ2v) is 3.64. The molecule has 0 aromatic heterocycles. The van der Waals surface area contributed by atoms with Crippen molar-refractivity contribution in [2.75, 3.05) is 19.0 Å². The van der Waals surface area contributed by atoms with E-state index in [4.69, 9.17) is 21.6 Å². The summed E-state index contributed by atoms with van der Waals surface area (Å²) in [5.41, 5.74) is 1.38. The third-order valence-corrected chi connectivity index (χ3v) is 2.40. The van der Waals surface area contributed by atoms with Gasteiger partial charge in [-0.3, -0.25) is 0 Å². The molecular formula is C11H13ClN2O. The molecule has 0 spiro atoms. The molecule has 3 nitrogen and oxygen atoms in total. The smallest absolute Gasteiger partial charge is 0.101 e. The van der Waals surface area contributed by atoms with Gasteiger partial charge in [0.15, 0.2) is 0 Å². The van der Waals surface area contributed by atoms with E-state index in [2.05, 4.69) is 5.32 Å². The highest BCUT2D eigenvalue weighted by molar-refractivity contribution is 6.32. The van der Waals surface area contributed by atoms with Crippen LogP contribution in [0.3, 0.4) is 0 Å². The molecule has 1 N–H and O–H groups in total. The Bertz CT molecular complexity index is 373.